The Morgan fingerprint density at radius 2 is 1.83 bits per heavy atom. The highest BCUT2D eigenvalue weighted by atomic mass is 32.2. The van der Waals surface area contributed by atoms with Crippen LogP contribution < -0.4 is 14.3 Å². The second-order valence-electron chi connectivity index (χ2n) is 7.95. The molecule has 188 valence electrons. The van der Waals surface area contributed by atoms with Crippen LogP contribution in [0.15, 0.2) is 76.6 Å². The Morgan fingerprint density at radius 1 is 1.08 bits per heavy atom. The number of aryl methyl sites for hydroxylation is 1. The monoisotopic (exact) mass is 525 g/mol. The number of para-hydroxylation sites is 1. The maximum atomic E-state index is 13.3. The van der Waals surface area contributed by atoms with Gasteiger partial charge in [0.15, 0.2) is 4.80 Å². The van der Waals surface area contributed by atoms with Crippen LogP contribution in [0.5, 0.6) is 5.75 Å². The van der Waals surface area contributed by atoms with Crippen LogP contribution in [0.4, 0.5) is 5.69 Å². The molecule has 0 bridgehead atoms. The van der Waals surface area contributed by atoms with Gasteiger partial charge in [0.1, 0.15) is 5.75 Å². The lowest BCUT2D eigenvalue weighted by molar-refractivity contribution is 0.0997. The molecule has 0 saturated carbocycles. The summed E-state index contributed by atoms with van der Waals surface area (Å²) in [6.45, 7) is 5.35. The number of sulfonamides is 1. The molecule has 3 aromatic carbocycles. The van der Waals surface area contributed by atoms with Gasteiger partial charge in [0, 0.05) is 13.2 Å². The molecular formula is C26H27N3O5S2. The minimum Gasteiger partial charge on any atom is -0.497 e. The molecule has 1 N–H and O–H groups in total. The van der Waals surface area contributed by atoms with Crippen LogP contribution in [0.1, 0.15) is 22.8 Å². The average Bonchev–Trinajstić information content (AvgIpc) is 3.20. The first-order chi connectivity index (χ1) is 17.3. The van der Waals surface area contributed by atoms with Gasteiger partial charge in [-0.05, 0) is 56.3 Å². The van der Waals surface area contributed by atoms with Crippen molar-refractivity contribution in [1.29, 1.82) is 0 Å². The molecular weight excluding hydrogens is 498 g/mol. The molecule has 0 aliphatic heterocycles. The van der Waals surface area contributed by atoms with E-state index in [9.17, 15) is 13.2 Å². The van der Waals surface area contributed by atoms with Crippen molar-refractivity contribution < 1.29 is 22.7 Å². The highest BCUT2D eigenvalue weighted by molar-refractivity contribution is 7.92. The molecule has 0 unspecified atom stereocenters. The first kappa shape index (κ1) is 25.6. The average molecular weight is 526 g/mol. The van der Waals surface area contributed by atoms with Crippen LogP contribution in [0.3, 0.4) is 0 Å². The van der Waals surface area contributed by atoms with E-state index >= 15 is 0 Å². The van der Waals surface area contributed by atoms with Crippen molar-refractivity contribution >= 4 is 43.2 Å². The third-order valence-electron chi connectivity index (χ3n) is 5.48. The summed E-state index contributed by atoms with van der Waals surface area (Å²) < 4.78 is 42.1. The number of nitrogens with one attached hydrogen (secondary N) is 1. The molecule has 4 rings (SSSR count). The molecule has 1 heterocycles. The highest BCUT2D eigenvalue weighted by Gasteiger charge is 2.19. The Bertz CT molecular complexity index is 1550. The van der Waals surface area contributed by atoms with Crippen molar-refractivity contribution in [1.82, 2.24) is 4.57 Å². The molecule has 36 heavy (non-hydrogen) atoms. The Morgan fingerprint density at radius 3 is 2.56 bits per heavy atom. The molecule has 0 atom stereocenters. The van der Waals surface area contributed by atoms with Crippen molar-refractivity contribution in [2.24, 2.45) is 4.99 Å². The summed E-state index contributed by atoms with van der Waals surface area (Å²) in [5, 5.41) is 0. The van der Waals surface area contributed by atoms with Crippen molar-refractivity contribution in [3.63, 3.8) is 0 Å². The van der Waals surface area contributed by atoms with E-state index in [1.165, 1.54) is 23.5 Å². The number of benzene rings is 3. The van der Waals surface area contributed by atoms with Gasteiger partial charge in [-0.25, -0.2) is 8.42 Å². The fourth-order valence-corrected chi connectivity index (χ4v) is 5.77. The lowest BCUT2D eigenvalue weighted by atomic mass is 10.2. The zero-order valence-electron chi connectivity index (χ0n) is 20.2. The van der Waals surface area contributed by atoms with E-state index in [4.69, 9.17) is 9.47 Å². The molecule has 1 aromatic heterocycles. The van der Waals surface area contributed by atoms with Gasteiger partial charge < -0.3 is 14.0 Å². The number of amides is 1. The van der Waals surface area contributed by atoms with E-state index in [0.29, 0.717) is 30.3 Å². The number of hydrogen-bond acceptors (Lipinski definition) is 6. The number of rotatable bonds is 9. The molecule has 1 amide bonds. The summed E-state index contributed by atoms with van der Waals surface area (Å²) in [6.07, 6.45) is 0. The number of anilines is 1. The smallest absolute Gasteiger partial charge is 0.281 e. The highest BCUT2D eigenvalue weighted by Crippen LogP contribution is 2.24. The minimum atomic E-state index is -3.89. The van der Waals surface area contributed by atoms with Gasteiger partial charge in [-0.15, -0.1) is 0 Å². The number of ether oxygens (including phenoxy) is 2. The standard InChI is InChI=1S/C26H27N3O5S2/c1-4-34-16-15-29-23-14-11-19(33-3)17-24(23)35-26(29)27-25(30)21-7-5-6-8-22(21)28-36(31,32)20-12-9-18(2)10-13-20/h5-14,17,28H,4,15-16H2,1-3H3. The second kappa shape index (κ2) is 11.1. The predicted octanol–water partition coefficient (Wildman–Crippen LogP) is 4.60. The number of carbonyl (C=O) groups is 1. The van der Waals surface area contributed by atoms with Crippen LogP contribution in [0.2, 0.25) is 0 Å². The van der Waals surface area contributed by atoms with Crippen molar-refractivity contribution in [3.05, 3.63) is 82.7 Å². The third-order valence-corrected chi connectivity index (χ3v) is 7.91. The van der Waals surface area contributed by atoms with Gasteiger partial charge in [0.05, 0.1) is 40.1 Å². The Kier molecular flexibility index (Phi) is 7.88. The zero-order chi connectivity index (χ0) is 25.7. The van der Waals surface area contributed by atoms with Crippen LogP contribution in [0, 0.1) is 6.92 Å². The van der Waals surface area contributed by atoms with Gasteiger partial charge in [0.25, 0.3) is 15.9 Å². The number of hydrogen-bond donors (Lipinski definition) is 1. The Balaban J connectivity index is 1.73. The molecule has 4 aromatic rings. The molecule has 0 saturated heterocycles. The van der Waals surface area contributed by atoms with Crippen molar-refractivity contribution in [2.45, 2.75) is 25.3 Å². The van der Waals surface area contributed by atoms with E-state index in [-0.39, 0.29) is 16.1 Å². The summed E-state index contributed by atoms with van der Waals surface area (Å²) in [5.41, 5.74) is 2.16. The lowest BCUT2D eigenvalue weighted by Gasteiger charge is -2.11. The number of fused-ring (bicyclic) bond motifs is 1. The Labute approximate surface area is 213 Å². The van der Waals surface area contributed by atoms with Gasteiger partial charge in [-0.3, -0.25) is 9.52 Å². The number of thiazole rings is 1. The number of methoxy groups -OCH3 is 1. The molecule has 0 aliphatic rings. The molecule has 0 fully saturated rings. The quantitative estimate of drug-likeness (QED) is 0.322. The summed E-state index contributed by atoms with van der Waals surface area (Å²) >= 11 is 1.35. The van der Waals surface area contributed by atoms with E-state index in [0.717, 1.165) is 15.8 Å². The molecule has 0 spiro atoms. The normalized spacial score (nSPS) is 12.1. The fraction of sp³-hybridized carbons (Fsp3) is 0.231. The fourth-order valence-electron chi connectivity index (χ4n) is 3.61. The van der Waals surface area contributed by atoms with Gasteiger partial charge >= 0.3 is 0 Å². The summed E-state index contributed by atoms with van der Waals surface area (Å²) in [4.78, 5) is 18.3. The van der Waals surface area contributed by atoms with Gasteiger partial charge in [-0.2, -0.15) is 4.99 Å². The largest absolute Gasteiger partial charge is 0.497 e. The topological polar surface area (TPSA) is 99.0 Å². The summed E-state index contributed by atoms with van der Waals surface area (Å²) in [6, 6.07) is 18.6. The maximum Gasteiger partial charge on any atom is 0.281 e. The van der Waals surface area contributed by atoms with E-state index < -0.39 is 15.9 Å². The van der Waals surface area contributed by atoms with Crippen molar-refractivity contribution in [2.75, 3.05) is 25.0 Å². The van der Waals surface area contributed by atoms with Gasteiger partial charge in [0.2, 0.25) is 0 Å². The van der Waals surface area contributed by atoms with E-state index in [1.807, 2.05) is 36.6 Å². The number of aromatic nitrogens is 1. The van der Waals surface area contributed by atoms with Crippen LogP contribution in [0.25, 0.3) is 10.2 Å². The Hall–Kier alpha value is -3.47. The van der Waals surface area contributed by atoms with E-state index in [1.54, 1.807) is 43.5 Å². The van der Waals surface area contributed by atoms with E-state index in [2.05, 4.69) is 9.71 Å². The molecule has 0 aliphatic carbocycles. The summed E-state index contributed by atoms with van der Waals surface area (Å²) in [7, 11) is -2.29. The van der Waals surface area contributed by atoms with Crippen LogP contribution in [-0.4, -0.2) is 39.2 Å². The predicted molar refractivity (Wildman–Crippen MR) is 141 cm³/mol. The first-order valence-corrected chi connectivity index (χ1v) is 13.6. The van der Waals surface area contributed by atoms with Gasteiger partial charge in [-0.1, -0.05) is 41.2 Å². The number of carbonyl (C=O) groups excluding carboxylic acids is 1. The lowest BCUT2D eigenvalue weighted by Crippen LogP contribution is -2.20. The zero-order valence-corrected chi connectivity index (χ0v) is 21.9. The third kappa shape index (κ3) is 5.67. The number of nitrogens with zero attached hydrogens (tertiary/aromatic N) is 2. The molecule has 0 radical (unpaired) electrons. The minimum absolute atomic E-state index is 0.111. The maximum absolute atomic E-state index is 13.3. The molecule has 8 nitrogen and oxygen atoms in total. The van der Waals surface area contributed by atoms with Crippen LogP contribution >= 0.6 is 11.3 Å². The van der Waals surface area contributed by atoms with Crippen molar-refractivity contribution in [3.8, 4) is 5.75 Å². The van der Waals surface area contributed by atoms with Crippen LogP contribution in [-0.2, 0) is 21.3 Å². The molecule has 10 heteroatoms. The summed E-state index contributed by atoms with van der Waals surface area (Å²) in [5.74, 6) is 0.148. The second-order valence-corrected chi connectivity index (χ2v) is 10.6. The first-order valence-electron chi connectivity index (χ1n) is 11.3. The SMILES string of the molecule is CCOCCn1c(=NC(=O)c2ccccc2NS(=O)(=O)c2ccc(C)cc2)sc2cc(OC)ccc21.